The predicted molar refractivity (Wildman–Crippen MR) is 153 cm³/mol. The fourth-order valence-corrected chi connectivity index (χ4v) is 6.34. The molecule has 0 spiro atoms. The third-order valence-electron chi connectivity index (χ3n) is 8.81. The number of benzene rings is 2. The number of rotatable bonds is 4. The Hall–Kier alpha value is -3.56. The number of quaternary nitrogens is 1. The summed E-state index contributed by atoms with van der Waals surface area (Å²) in [6.07, 6.45) is 7.34. The van der Waals surface area contributed by atoms with Crippen molar-refractivity contribution in [3.05, 3.63) is 89.3 Å². The summed E-state index contributed by atoms with van der Waals surface area (Å²) in [5.74, 6) is 7.35. The van der Waals surface area contributed by atoms with E-state index in [4.69, 9.17) is 15.8 Å². The first kappa shape index (κ1) is 24.5. The van der Waals surface area contributed by atoms with E-state index >= 15 is 4.39 Å². The van der Waals surface area contributed by atoms with Crippen molar-refractivity contribution in [1.29, 1.82) is 0 Å². The minimum Gasteiger partial charge on any atom is -0.304 e. The van der Waals surface area contributed by atoms with Gasteiger partial charge in [-0.3, -0.25) is 9.89 Å². The van der Waals surface area contributed by atoms with Crippen molar-refractivity contribution in [2.75, 3.05) is 33.2 Å². The van der Waals surface area contributed by atoms with Gasteiger partial charge in [0.25, 0.3) is 5.84 Å². The van der Waals surface area contributed by atoms with Gasteiger partial charge in [-0.25, -0.2) is 9.37 Å². The Balaban J connectivity index is 1.25. The van der Waals surface area contributed by atoms with Crippen LogP contribution in [0.2, 0.25) is 0 Å². The van der Waals surface area contributed by atoms with Crippen molar-refractivity contribution < 1.29 is 8.98 Å². The molecule has 2 aromatic carbocycles. The normalized spacial score (nSPS) is 27.1. The molecule has 8 heteroatoms. The minimum absolute atomic E-state index is 0.172. The van der Waals surface area contributed by atoms with Crippen LogP contribution in [0.4, 0.5) is 4.39 Å². The van der Waals surface area contributed by atoms with Gasteiger partial charge in [0.1, 0.15) is 17.4 Å². The third-order valence-corrected chi connectivity index (χ3v) is 8.81. The van der Waals surface area contributed by atoms with E-state index in [1.165, 1.54) is 0 Å². The molecule has 4 aliphatic rings. The summed E-state index contributed by atoms with van der Waals surface area (Å²) < 4.78 is 16.2. The van der Waals surface area contributed by atoms with Crippen LogP contribution >= 0.6 is 0 Å². The number of pyridine rings is 1. The standard InChI is InChI=1S/C31H33FN7/c1-20-16-26(21-6-4-3-5-7-21)35-30-24(20)8-9-25(28(30)32)31-36-29(27-19-34-10-15-39(27,31)33)22-17-23(18-22)38-13-11-37(2)12-14-38/h3-10,15-16,19,22-23H,11-14,17-18,33H2,1-2H3/q+1. The summed E-state index contributed by atoms with van der Waals surface area (Å²) in [5.41, 5.74) is 5.16. The maximum atomic E-state index is 16.4. The van der Waals surface area contributed by atoms with Crippen LogP contribution in [0.5, 0.6) is 0 Å². The van der Waals surface area contributed by atoms with E-state index in [0.717, 1.165) is 72.6 Å². The van der Waals surface area contributed by atoms with Crippen molar-refractivity contribution in [3.63, 3.8) is 0 Å². The number of aromatic nitrogens is 1. The molecule has 1 aliphatic carbocycles. The number of allylic oxidation sites excluding steroid dienone is 2. The fraction of sp³-hybridized carbons (Fsp3) is 0.323. The van der Waals surface area contributed by atoms with Crippen LogP contribution in [-0.2, 0) is 0 Å². The Morgan fingerprint density at radius 2 is 1.79 bits per heavy atom. The second-order valence-electron chi connectivity index (χ2n) is 11.2. The van der Waals surface area contributed by atoms with E-state index in [1.54, 1.807) is 24.7 Å². The van der Waals surface area contributed by atoms with Crippen LogP contribution in [0, 0.1) is 18.7 Å². The molecule has 2 N–H and O–H groups in total. The second-order valence-corrected chi connectivity index (χ2v) is 11.2. The van der Waals surface area contributed by atoms with E-state index in [1.807, 2.05) is 49.4 Å². The minimum atomic E-state index is -0.393. The highest BCUT2D eigenvalue weighted by molar-refractivity contribution is 6.03. The molecule has 1 saturated heterocycles. The SMILES string of the molecule is Cc1cc(-c2ccccc2)nc2c(F)c(C3=NC(C4CC(N5CCN(C)CC5)C4)=C4C=NC=C[N+]34N)ccc12. The number of piperazine rings is 1. The van der Waals surface area contributed by atoms with Gasteiger partial charge < -0.3 is 4.90 Å². The molecule has 3 aromatic rings. The zero-order valence-corrected chi connectivity index (χ0v) is 22.4. The Morgan fingerprint density at radius 3 is 2.56 bits per heavy atom. The molecule has 198 valence electrons. The number of nitrogens with two attached hydrogens (primary N) is 1. The summed E-state index contributed by atoms with van der Waals surface area (Å²) in [6, 6.07) is 16.2. The van der Waals surface area contributed by atoms with E-state index in [0.29, 0.717) is 23.0 Å². The van der Waals surface area contributed by atoms with Gasteiger partial charge in [-0.05, 0) is 44.5 Å². The molecule has 7 rings (SSSR count). The average Bonchev–Trinajstić information content (AvgIpc) is 3.22. The van der Waals surface area contributed by atoms with Crippen LogP contribution in [0.3, 0.4) is 0 Å². The largest absolute Gasteiger partial charge is 0.304 e. The lowest BCUT2D eigenvalue weighted by atomic mass is 9.76. The number of amidine groups is 1. The van der Waals surface area contributed by atoms with Crippen LogP contribution in [-0.4, -0.2) is 70.7 Å². The van der Waals surface area contributed by atoms with Gasteiger partial charge in [0.2, 0.25) is 5.70 Å². The lowest BCUT2D eigenvalue weighted by Crippen LogP contribution is -2.54. The van der Waals surface area contributed by atoms with Gasteiger partial charge >= 0.3 is 0 Å². The molecule has 1 unspecified atom stereocenters. The van der Waals surface area contributed by atoms with E-state index in [9.17, 15) is 0 Å². The number of aliphatic imine (C=N–C) groups is 2. The first-order valence-electron chi connectivity index (χ1n) is 13.7. The number of aryl methyl sites for hydroxylation is 1. The highest BCUT2D eigenvalue weighted by Crippen LogP contribution is 2.44. The molecule has 3 aliphatic heterocycles. The van der Waals surface area contributed by atoms with Gasteiger partial charge in [0.05, 0.1) is 23.7 Å². The smallest absolute Gasteiger partial charge is 0.267 e. The van der Waals surface area contributed by atoms with Gasteiger partial charge in [-0.2, -0.15) is 10.8 Å². The van der Waals surface area contributed by atoms with E-state index in [-0.39, 0.29) is 10.5 Å². The van der Waals surface area contributed by atoms with Gasteiger partial charge in [0, 0.05) is 49.1 Å². The monoisotopic (exact) mass is 522 g/mol. The van der Waals surface area contributed by atoms with Crippen LogP contribution < -0.4 is 5.84 Å². The molecule has 0 amide bonds. The predicted octanol–water partition coefficient (Wildman–Crippen LogP) is 4.59. The molecule has 1 aromatic heterocycles. The highest BCUT2D eigenvalue weighted by atomic mass is 19.1. The van der Waals surface area contributed by atoms with E-state index < -0.39 is 5.82 Å². The fourth-order valence-electron chi connectivity index (χ4n) is 6.34. The molecule has 1 saturated carbocycles. The molecular weight excluding hydrogens is 489 g/mol. The average molecular weight is 523 g/mol. The molecule has 0 bridgehead atoms. The van der Waals surface area contributed by atoms with Crippen LogP contribution in [0.25, 0.3) is 22.2 Å². The van der Waals surface area contributed by atoms with Crippen molar-refractivity contribution in [3.8, 4) is 11.3 Å². The molecule has 2 fully saturated rings. The van der Waals surface area contributed by atoms with Crippen molar-refractivity contribution in [1.82, 2.24) is 14.8 Å². The molecule has 1 atom stereocenters. The Bertz CT molecular complexity index is 1580. The number of hydrogen-bond donors (Lipinski definition) is 1. The quantitative estimate of drug-likeness (QED) is 0.402. The molecule has 7 nitrogen and oxygen atoms in total. The first-order valence-corrected chi connectivity index (χ1v) is 13.7. The second kappa shape index (κ2) is 9.27. The summed E-state index contributed by atoms with van der Waals surface area (Å²) in [7, 11) is 2.18. The van der Waals surface area contributed by atoms with Crippen LogP contribution in [0.1, 0.15) is 24.0 Å². The maximum absolute atomic E-state index is 16.4. The number of fused-ring (bicyclic) bond motifs is 2. The Morgan fingerprint density at radius 1 is 1.03 bits per heavy atom. The highest BCUT2D eigenvalue weighted by Gasteiger charge is 2.49. The number of nitrogens with zero attached hydrogens (tertiary/aromatic N) is 6. The third kappa shape index (κ3) is 3.98. The Labute approximate surface area is 228 Å². The van der Waals surface area contributed by atoms with Gasteiger partial charge in [0.15, 0.2) is 5.82 Å². The number of likely N-dealkylation sites (N-methyl/N-ethyl adjacent to an activating group) is 1. The van der Waals surface area contributed by atoms with Gasteiger partial charge in [-0.15, -0.1) is 4.59 Å². The zero-order chi connectivity index (χ0) is 26.7. The van der Waals surface area contributed by atoms with E-state index in [2.05, 4.69) is 21.8 Å². The summed E-state index contributed by atoms with van der Waals surface area (Å²) in [5, 5.41) is 0.788. The Kier molecular flexibility index (Phi) is 5.82. The maximum Gasteiger partial charge on any atom is 0.267 e. The zero-order valence-electron chi connectivity index (χ0n) is 22.4. The number of halogens is 1. The molecule has 4 heterocycles. The van der Waals surface area contributed by atoms with Crippen molar-refractivity contribution in [2.45, 2.75) is 25.8 Å². The van der Waals surface area contributed by atoms with Crippen LogP contribution in [0.15, 0.2) is 82.3 Å². The number of hydrogen-bond acceptors (Lipinski definition) is 6. The molecule has 39 heavy (non-hydrogen) atoms. The first-order chi connectivity index (χ1) is 18.9. The van der Waals surface area contributed by atoms with Gasteiger partial charge in [-0.1, -0.05) is 36.4 Å². The summed E-state index contributed by atoms with van der Waals surface area (Å²) in [4.78, 5) is 19.2. The topological polar surface area (TPSA) is 70.1 Å². The molecule has 0 radical (unpaired) electrons. The lowest BCUT2D eigenvalue weighted by molar-refractivity contribution is -0.750. The molecular formula is C31H33FN7+. The lowest BCUT2D eigenvalue weighted by Gasteiger charge is -2.45. The van der Waals surface area contributed by atoms with Crippen molar-refractivity contribution in [2.24, 2.45) is 21.7 Å². The summed E-state index contributed by atoms with van der Waals surface area (Å²) >= 11 is 0. The van der Waals surface area contributed by atoms with Crippen molar-refractivity contribution >= 4 is 23.0 Å². The summed E-state index contributed by atoms with van der Waals surface area (Å²) in [6.45, 7) is 6.43.